The molecule has 0 saturated heterocycles. The van der Waals surface area contributed by atoms with Gasteiger partial charge in [0.25, 0.3) is 5.91 Å². The molecule has 0 atom stereocenters. The number of H-pyrrole nitrogens is 1. The Bertz CT molecular complexity index is 1380. The second-order valence-corrected chi connectivity index (χ2v) is 8.48. The Kier molecular flexibility index (Phi) is 5.63. The number of hydrogen-bond donors (Lipinski definition) is 2. The fourth-order valence-electron chi connectivity index (χ4n) is 4.49. The minimum Gasteiger partial charge on any atom is -0.393 e. The topological polar surface area (TPSA) is 101 Å². The average molecular weight is 449 g/mol. The fourth-order valence-corrected chi connectivity index (χ4v) is 4.49. The normalized spacial score (nSPS) is 19.3. The van der Waals surface area contributed by atoms with Gasteiger partial charge in [0.1, 0.15) is 6.67 Å². The van der Waals surface area contributed by atoms with E-state index >= 15 is 0 Å². The highest BCUT2D eigenvalue weighted by Crippen LogP contribution is 2.29. The van der Waals surface area contributed by atoms with E-state index in [2.05, 4.69) is 24.6 Å². The standard InChI is InChI=1S/C24H25FN6O2/c1-30-14-16(13-26-30)21-11-15(10-17(12-25)27-21)23(33)29-24-28-20-4-2-3-5-22(20)31(24)18-6-8-19(32)9-7-18/h2-5,10-11,13-14,18-19,32H,6-9,12H2,1H3,(H,28,29,33)/t18-,19+. The van der Waals surface area contributed by atoms with Gasteiger partial charge in [0.05, 0.1) is 34.7 Å². The number of carbonyl (C=O) groups excluding carboxylic acids is 1. The Balaban J connectivity index is 1.59. The molecule has 170 valence electrons. The zero-order valence-corrected chi connectivity index (χ0v) is 18.3. The summed E-state index contributed by atoms with van der Waals surface area (Å²) in [6.07, 6.45) is 6.13. The lowest BCUT2D eigenvalue weighted by Gasteiger charge is -2.27. The first kappa shape index (κ1) is 21.3. The highest BCUT2D eigenvalue weighted by atomic mass is 19.1. The first-order chi connectivity index (χ1) is 16.0. The number of aromatic amines is 1. The molecule has 0 spiro atoms. The van der Waals surface area contributed by atoms with Gasteiger partial charge < -0.3 is 14.7 Å². The third kappa shape index (κ3) is 4.23. The van der Waals surface area contributed by atoms with Gasteiger partial charge in [-0.1, -0.05) is 12.1 Å². The molecule has 1 aromatic carbocycles. The van der Waals surface area contributed by atoms with Gasteiger partial charge in [0, 0.05) is 30.4 Å². The molecule has 5 rings (SSSR count). The molecule has 3 heterocycles. The van der Waals surface area contributed by atoms with Crippen LogP contribution in [0.25, 0.3) is 22.3 Å². The average Bonchev–Trinajstić information content (AvgIpc) is 3.42. The van der Waals surface area contributed by atoms with Gasteiger partial charge in [-0.3, -0.25) is 9.48 Å². The van der Waals surface area contributed by atoms with Crippen LogP contribution in [0.1, 0.15) is 47.8 Å². The first-order valence-corrected chi connectivity index (χ1v) is 11.0. The van der Waals surface area contributed by atoms with Crippen LogP contribution < -0.4 is 5.62 Å². The molecule has 1 fully saturated rings. The number of hydrogen-bond acceptors (Lipinski definition) is 4. The summed E-state index contributed by atoms with van der Waals surface area (Å²) in [4.78, 5) is 25.2. The number of para-hydroxylation sites is 2. The van der Waals surface area contributed by atoms with E-state index in [-0.39, 0.29) is 23.4 Å². The SMILES string of the molecule is Cn1cc(-c2cc(C(=O)/N=c3\[nH]c4ccccc4n3[C@H]3CC[C@@H](O)CC3)cc(CF)n2)cn1. The van der Waals surface area contributed by atoms with Crippen LogP contribution in [0.5, 0.6) is 0 Å². The number of aryl methyl sites for hydroxylation is 1. The van der Waals surface area contributed by atoms with Crippen molar-refractivity contribution in [2.75, 3.05) is 0 Å². The number of aliphatic hydroxyl groups is 1. The number of fused-ring (bicyclic) bond motifs is 1. The van der Waals surface area contributed by atoms with Crippen LogP contribution in [-0.4, -0.2) is 41.4 Å². The van der Waals surface area contributed by atoms with Gasteiger partial charge in [0.15, 0.2) is 0 Å². The van der Waals surface area contributed by atoms with E-state index in [1.54, 1.807) is 30.2 Å². The minimum absolute atomic E-state index is 0.126. The summed E-state index contributed by atoms with van der Waals surface area (Å²) < 4.78 is 17.2. The number of nitrogens with one attached hydrogen (secondary N) is 1. The van der Waals surface area contributed by atoms with Gasteiger partial charge >= 0.3 is 0 Å². The molecular weight excluding hydrogens is 423 g/mol. The molecular formula is C24H25FN6O2. The molecule has 0 radical (unpaired) electrons. The van der Waals surface area contributed by atoms with E-state index in [0.29, 0.717) is 29.7 Å². The second kappa shape index (κ2) is 8.74. The molecule has 1 aliphatic rings. The van der Waals surface area contributed by atoms with Crippen LogP contribution in [-0.2, 0) is 13.7 Å². The van der Waals surface area contributed by atoms with Crippen LogP contribution in [0.4, 0.5) is 4.39 Å². The van der Waals surface area contributed by atoms with Crippen LogP contribution in [0, 0.1) is 0 Å². The van der Waals surface area contributed by atoms with Crippen LogP contribution in [0.2, 0.25) is 0 Å². The number of imidazole rings is 1. The molecule has 1 saturated carbocycles. The molecule has 8 nitrogen and oxygen atoms in total. The molecule has 3 aromatic heterocycles. The highest BCUT2D eigenvalue weighted by molar-refractivity contribution is 5.96. The lowest BCUT2D eigenvalue weighted by Crippen LogP contribution is -2.29. The number of carbonyl (C=O) groups is 1. The van der Waals surface area contributed by atoms with Crippen molar-refractivity contribution in [1.29, 1.82) is 0 Å². The number of aromatic nitrogens is 5. The summed E-state index contributed by atoms with van der Waals surface area (Å²) in [5, 5.41) is 14.1. The predicted octanol–water partition coefficient (Wildman–Crippen LogP) is 3.45. The number of rotatable bonds is 4. The number of pyridine rings is 1. The Morgan fingerprint density at radius 3 is 2.76 bits per heavy atom. The third-order valence-corrected chi connectivity index (χ3v) is 6.14. The maximum absolute atomic E-state index is 13.5. The van der Waals surface area contributed by atoms with E-state index in [1.165, 1.54) is 6.07 Å². The van der Waals surface area contributed by atoms with Crippen molar-refractivity contribution in [1.82, 2.24) is 24.3 Å². The third-order valence-electron chi connectivity index (χ3n) is 6.14. The maximum Gasteiger partial charge on any atom is 0.280 e. The number of nitrogens with zero attached hydrogens (tertiary/aromatic N) is 5. The van der Waals surface area contributed by atoms with Crippen LogP contribution in [0.3, 0.4) is 0 Å². The predicted molar refractivity (Wildman–Crippen MR) is 121 cm³/mol. The summed E-state index contributed by atoms with van der Waals surface area (Å²) in [6, 6.07) is 11.0. The van der Waals surface area contributed by atoms with Crippen LogP contribution in [0.15, 0.2) is 53.8 Å². The number of benzene rings is 1. The highest BCUT2D eigenvalue weighted by Gasteiger charge is 2.23. The quantitative estimate of drug-likeness (QED) is 0.499. The number of aliphatic hydroxyl groups excluding tert-OH is 1. The van der Waals surface area contributed by atoms with Crippen molar-refractivity contribution >= 4 is 16.9 Å². The second-order valence-electron chi connectivity index (χ2n) is 8.48. The largest absolute Gasteiger partial charge is 0.393 e. The zero-order valence-electron chi connectivity index (χ0n) is 18.3. The summed E-state index contributed by atoms with van der Waals surface area (Å²) in [5.41, 5.74) is 3.89. The summed E-state index contributed by atoms with van der Waals surface area (Å²) in [6.45, 7) is -0.787. The summed E-state index contributed by atoms with van der Waals surface area (Å²) >= 11 is 0. The molecule has 0 unspecified atom stereocenters. The lowest BCUT2D eigenvalue weighted by molar-refractivity contribution is 0.0990. The van der Waals surface area contributed by atoms with E-state index in [4.69, 9.17) is 0 Å². The van der Waals surface area contributed by atoms with Crippen molar-refractivity contribution < 1.29 is 14.3 Å². The van der Waals surface area contributed by atoms with Gasteiger partial charge in [-0.25, -0.2) is 9.37 Å². The summed E-state index contributed by atoms with van der Waals surface area (Å²) in [5.74, 6) is -0.478. The van der Waals surface area contributed by atoms with Gasteiger partial charge in [0.2, 0.25) is 5.62 Å². The molecule has 1 amide bonds. The fraction of sp³-hybridized carbons (Fsp3) is 0.333. The molecule has 1 aliphatic carbocycles. The Hall–Kier alpha value is -3.59. The zero-order chi connectivity index (χ0) is 22.9. The van der Waals surface area contributed by atoms with E-state index < -0.39 is 12.6 Å². The number of amides is 1. The van der Waals surface area contributed by atoms with Crippen molar-refractivity contribution in [2.24, 2.45) is 12.0 Å². The number of halogens is 1. The van der Waals surface area contributed by atoms with Crippen LogP contribution >= 0.6 is 0 Å². The molecule has 4 aromatic rings. The molecule has 33 heavy (non-hydrogen) atoms. The van der Waals surface area contributed by atoms with Gasteiger partial charge in [-0.15, -0.1) is 0 Å². The molecule has 9 heteroatoms. The van der Waals surface area contributed by atoms with Gasteiger partial charge in [-0.2, -0.15) is 10.1 Å². The molecule has 0 bridgehead atoms. The Morgan fingerprint density at radius 2 is 2.03 bits per heavy atom. The minimum atomic E-state index is -0.787. The molecule has 0 aliphatic heterocycles. The van der Waals surface area contributed by atoms with E-state index in [9.17, 15) is 14.3 Å². The maximum atomic E-state index is 13.5. The molecule has 2 N–H and O–H groups in total. The van der Waals surface area contributed by atoms with Crippen molar-refractivity contribution in [2.45, 2.75) is 44.5 Å². The van der Waals surface area contributed by atoms with Crippen molar-refractivity contribution in [3.05, 3.63) is 65.7 Å². The van der Waals surface area contributed by atoms with Crippen molar-refractivity contribution in [3.63, 3.8) is 0 Å². The van der Waals surface area contributed by atoms with Crippen molar-refractivity contribution in [3.8, 4) is 11.3 Å². The monoisotopic (exact) mass is 448 g/mol. The first-order valence-electron chi connectivity index (χ1n) is 11.0. The summed E-state index contributed by atoms with van der Waals surface area (Å²) in [7, 11) is 1.78. The van der Waals surface area contributed by atoms with E-state index in [1.807, 2.05) is 24.3 Å². The van der Waals surface area contributed by atoms with Gasteiger partial charge in [-0.05, 0) is 49.9 Å². The van der Waals surface area contributed by atoms with E-state index in [0.717, 1.165) is 23.9 Å². The Morgan fingerprint density at radius 1 is 1.24 bits per heavy atom. The Labute approximate surface area is 189 Å². The lowest BCUT2D eigenvalue weighted by atomic mass is 9.93. The number of alkyl halides is 1. The smallest absolute Gasteiger partial charge is 0.280 e.